The van der Waals surface area contributed by atoms with Crippen LogP contribution in [0, 0.1) is 23.7 Å². The summed E-state index contributed by atoms with van der Waals surface area (Å²) in [5.74, 6) is 12.0. The van der Waals surface area contributed by atoms with Gasteiger partial charge in [-0.15, -0.1) is 0 Å². The van der Waals surface area contributed by atoms with E-state index in [1.54, 1.807) is 0 Å². The molecule has 0 fully saturated rings. The molecule has 0 rings (SSSR count). The van der Waals surface area contributed by atoms with Crippen LogP contribution in [0.25, 0.3) is 0 Å². The maximum atomic E-state index is 8.63. The molecule has 0 unspecified atom stereocenters. The second kappa shape index (κ2) is 18.0. The first-order valence-electron chi connectivity index (χ1n) is 8.09. The van der Waals surface area contributed by atoms with Crippen LogP contribution in [0.4, 0.5) is 0 Å². The standard InChI is InChI=1S/C18H30O2/c19-17-15-13-11-9-7-5-3-1-2-4-6-8-10-12-14-16-18-20/h19-20H,5-18H2. The van der Waals surface area contributed by atoms with Crippen LogP contribution in [0.15, 0.2) is 0 Å². The van der Waals surface area contributed by atoms with Gasteiger partial charge in [0.25, 0.3) is 0 Å². The minimum atomic E-state index is 0.316. The van der Waals surface area contributed by atoms with Crippen LogP contribution >= 0.6 is 0 Å². The number of hydrogen-bond acceptors (Lipinski definition) is 2. The van der Waals surface area contributed by atoms with Gasteiger partial charge in [-0.25, -0.2) is 0 Å². The van der Waals surface area contributed by atoms with E-state index in [1.807, 2.05) is 0 Å². The van der Waals surface area contributed by atoms with E-state index in [4.69, 9.17) is 10.2 Å². The normalized spacial score (nSPS) is 9.50. The van der Waals surface area contributed by atoms with Crippen molar-refractivity contribution < 1.29 is 10.2 Å². The van der Waals surface area contributed by atoms with Gasteiger partial charge in [0.05, 0.1) is 0 Å². The zero-order valence-electron chi connectivity index (χ0n) is 12.8. The second-order valence-electron chi connectivity index (χ2n) is 5.09. The summed E-state index contributed by atoms with van der Waals surface area (Å²) < 4.78 is 0. The SMILES string of the molecule is OCCCCCCCC#CC#CCCCCCCCO. The quantitative estimate of drug-likeness (QED) is 0.422. The Labute approximate surface area is 125 Å². The molecule has 0 saturated carbocycles. The molecular weight excluding hydrogens is 248 g/mol. The molecule has 0 saturated heterocycles. The molecule has 0 amide bonds. The highest BCUT2D eigenvalue weighted by Gasteiger charge is 1.88. The first kappa shape index (κ1) is 19.0. The van der Waals surface area contributed by atoms with Gasteiger partial charge < -0.3 is 10.2 Å². The molecule has 0 aliphatic rings. The predicted molar refractivity (Wildman–Crippen MR) is 85.1 cm³/mol. The van der Waals surface area contributed by atoms with E-state index < -0.39 is 0 Å². The molecule has 2 N–H and O–H groups in total. The monoisotopic (exact) mass is 278 g/mol. The fourth-order valence-electron chi connectivity index (χ4n) is 1.92. The summed E-state index contributed by atoms with van der Waals surface area (Å²) in [5.41, 5.74) is 0. The molecule has 20 heavy (non-hydrogen) atoms. The molecule has 0 atom stereocenters. The molecule has 0 aromatic rings. The van der Waals surface area contributed by atoms with Crippen molar-refractivity contribution in [2.45, 2.75) is 77.0 Å². The van der Waals surface area contributed by atoms with Crippen LogP contribution in [0.2, 0.25) is 0 Å². The zero-order chi connectivity index (χ0) is 14.7. The van der Waals surface area contributed by atoms with E-state index in [1.165, 1.54) is 25.7 Å². The Morgan fingerprint density at radius 2 is 0.800 bits per heavy atom. The van der Waals surface area contributed by atoms with Crippen LogP contribution < -0.4 is 0 Å². The molecule has 0 aromatic carbocycles. The van der Waals surface area contributed by atoms with E-state index in [0.29, 0.717) is 13.2 Å². The average molecular weight is 278 g/mol. The lowest BCUT2D eigenvalue weighted by atomic mass is 10.1. The second-order valence-corrected chi connectivity index (χ2v) is 5.09. The lowest BCUT2D eigenvalue weighted by Gasteiger charge is -1.96. The molecule has 2 nitrogen and oxygen atoms in total. The van der Waals surface area contributed by atoms with Gasteiger partial charge in [0.1, 0.15) is 0 Å². The average Bonchev–Trinajstić information content (AvgIpc) is 2.47. The van der Waals surface area contributed by atoms with Gasteiger partial charge in [0, 0.05) is 26.1 Å². The van der Waals surface area contributed by atoms with Crippen LogP contribution in [-0.2, 0) is 0 Å². The van der Waals surface area contributed by atoms with Gasteiger partial charge in [-0.3, -0.25) is 0 Å². The summed E-state index contributed by atoms with van der Waals surface area (Å²) in [6, 6.07) is 0. The van der Waals surface area contributed by atoms with Crippen molar-refractivity contribution in [2.24, 2.45) is 0 Å². The number of hydrogen-bond donors (Lipinski definition) is 2. The first-order valence-corrected chi connectivity index (χ1v) is 8.09. The van der Waals surface area contributed by atoms with E-state index >= 15 is 0 Å². The van der Waals surface area contributed by atoms with Gasteiger partial charge in [-0.05, 0) is 37.5 Å². The Balaban J connectivity index is 3.24. The Kier molecular flexibility index (Phi) is 17.2. The fourth-order valence-corrected chi connectivity index (χ4v) is 1.92. The van der Waals surface area contributed by atoms with Gasteiger partial charge in [-0.1, -0.05) is 50.4 Å². The molecule has 0 aliphatic heterocycles. The van der Waals surface area contributed by atoms with Crippen molar-refractivity contribution in [2.75, 3.05) is 13.2 Å². The van der Waals surface area contributed by atoms with Crippen molar-refractivity contribution in [1.82, 2.24) is 0 Å². The molecule has 0 aromatic heterocycles. The molecule has 2 heteroatoms. The highest BCUT2D eigenvalue weighted by molar-refractivity contribution is 5.25. The molecule has 0 spiro atoms. The Morgan fingerprint density at radius 1 is 0.450 bits per heavy atom. The van der Waals surface area contributed by atoms with E-state index in [-0.39, 0.29) is 0 Å². The van der Waals surface area contributed by atoms with Crippen LogP contribution in [0.1, 0.15) is 77.0 Å². The van der Waals surface area contributed by atoms with Crippen LogP contribution in [0.3, 0.4) is 0 Å². The van der Waals surface area contributed by atoms with E-state index in [2.05, 4.69) is 23.7 Å². The van der Waals surface area contributed by atoms with Crippen molar-refractivity contribution in [3.05, 3.63) is 0 Å². The minimum absolute atomic E-state index is 0.316. The van der Waals surface area contributed by atoms with E-state index in [0.717, 1.165) is 51.4 Å². The third-order valence-electron chi connectivity index (χ3n) is 3.16. The van der Waals surface area contributed by atoms with Crippen molar-refractivity contribution >= 4 is 0 Å². The van der Waals surface area contributed by atoms with Gasteiger partial charge in [0.15, 0.2) is 0 Å². The van der Waals surface area contributed by atoms with Crippen molar-refractivity contribution in [3.63, 3.8) is 0 Å². The number of rotatable bonds is 12. The van der Waals surface area contributed by atoms with Crippen molar-refractivity contribution in [1.29, 1.82) is 0 Å². The molecule has 0 aliphatic carbocycles. The van der Waals surface area contributed by atoms with Gasteiger partial charge in [0.2, 0.25) is 0 Å². The van der Waals surface area contributed by atoms with Crippen LogP contribution in [0.5, 0.6) is 0 Å². The summed E-state index contributed by atoms with van der Waals surface area (Å²) in [6.07, 6.45) is 13.1. The third-order valence-corrected chi connectivity index (χ3v) is 3.16. The topological polar surface area (TPSA) is 40.5 Å². The molecular formula is C18H30O2. The summed E-state index contributed by atoms with van der Waals surface area (Å²) in [7, 11) is 0. The van der Waals surface area contributed by atoms with E-state index in [9.17, 15) is 0 Å². The zero-order valence-corrected chi connectivity index (χ0v) is 12.8. The third kappa shape index (κ3) is 17.0. The lowest BCUT2D eigenvalue weighted by molar-refractivity contribution is 0.282. The molecule has 0 heterocycles. The fraction of sp³-hybridized carbons (Fsp3) is 0.778. The summed E-state index contributed by atoms with van der Waals surface area (Å²) in [4.78, 5) is 0. The number of aliphatic hydroxyl groups is 2. The molecule has 0 bridgehead atoms. The highest BCUT2D eigenvalue weighted by Crippen LogP contribution is 2.04. The summed E-state index contributed by atoms with van der Waals surface area (Å²) in [5, 5.41) is 17.3. The minimum Gasteiger partial charge on any atom is -0.396 e. The van der Waals surface area contributed by atoms with Gasteiger partial charge >= 0.3 is 0 Å². The summed E-state index contributed by atoms with van der Waals surface area (Å²) in [6.45, 7) is 0.633. The maximum Gasteiger partial charge on any atom is 0.0431 e. The number of aliphatic hydroxyl groups excluding tert-OH is 2. The molecule has 114 valence electrons. The smallest absolute Gasteiger partial charge is 0.0431 e. The molecule has 0 radical (unpaired) electrons. The largest absolute Gasteiger partial charge is 0.396 e. The first-order chi connectivity index (χ1) is 9.91. The van der Waals surface area contributed by atoms with Crippen molar-refractivity contribution in [3.8, 4) is 23.7 Å². The maximum absolute atomic E-state index is 8.63. The Bertz CT molecular complexity index is 269. The van der Waals surface area contributed by atoms with Gasteiger partial charge in [-0.2, -0.15) is 0 Å². The Hall–Kier alpha value is -0.960. The lowest BCUT2D eigenvalue weighted by Crippen LogP contribution is -1.83. The summed E-state index contributed by atoms with van der Waals surface area (Å²) >= 11 is 0. The number of unbranched alkanes of at least 4 members (excludes halogenated alkanes) is 10. The predicted octanol–water partition coefficient (Wildman–Crippen LogP) is 3.66. The van der Waals surface area contributed by atoms with Crippen LogP contribution in [-0.4, -0.2) is 23.4 Å². The highest BCUT2D eigenvalue weighted by atomic mass is 16.3. The Morgan fingerprint density at radius 3 is 1.20 bits per heavy atom.